The predicted octanol–water partition coefficient (Wildman–Crippen LogP) is 2.49. The molecule has 1 aromatic carbocycles. The minimum Gasteiger partial charge on any atom is -0.398 e. The molecule has 1 atom stereocenters. The van der Waals surface area contributed by atoms with Crippen LogP contribution in [0.25, 0.3) is 0 Å². The van der Waals surface area contributed by atoms with Crippen LogP contribution in [0.15, 0.2) is 18.2 Å². The summed E-state index contributed by atoms with van der Waals surface area (Å²) in [4.78, 5) is 0. The van der Waals surface area contributed by atoms with Gasteiger partial charge in [-0.05, 0) is 25.1 Å². The first-order chi connectivity index (χ1) is 6.47. The molecule has 0 aliphatic rings. The molecule has 0 saturated heterocycles. The molecule has 0 heterocycles. The van der Waals surface area contributed by atoms with Crippen LogP contribution in [0.4, 0.5) is 5.69 Å². The van der Waals surface area contributed by atoms with Crippen LogP contribution in [-0.4, -0.2) is 13.3 Å². The molecule has 5 heteroatoms. The average molecular weight is 234 g/mol. The summed E-state index contributed by atoms with van der Waals surface area (Å²) in [5.74, 6) is 0. The molecule has 14 heavy (non-hydrogen) atoms. The number of hydrogen-bond acceptors (Lipinski definition) is 3. The lowest BCUT2D eigenvalue weighted by Gasteiger charge is -2.14. The Balaban J connectivity index is 3.17. The molecule has 1 unspecified atom stereocenters. The Labute approximate surface area is 88.7 Å². The minimum atomic E-state index is -2.82. The first-order valence-electron chi connectivity index (χ1n) is 4.25. The van der Waals surface area contributed by atoms with Crippen LogP contribution in [0.5, 0.6) is 0 Å². The summed E-state index contributed by atoms with van der Waals surface area (Å²) in [6.07, 6.45) is 0. The molecular formula is C9H13ClNO2P. The molecule has 0 amide bonds. The molecule has 2 N–H and O–H groups in total. The lowest BCUT2D eigenvalue weighted by molar-refractivity contribution is 0.345. The van der Waals surface area contributed by atoms with Crippen molar-refractivity contribution in [2.45, 2.75) is 6.92 Å². The normalized spacial score (nSPS) is 15.1. The monoisotopic (exact) mass is 233 g/mol. The Morgan fingerprint density at radius 2 is 2.21 bits per heavy atom. The molecule has 0 aliphatic heterocycles. The van der Waals surface area contributed by atoms with Crippen molar-refractivity contribution in [3.05, 3.63) is 23.2 Å². The van der Waals surface area contributed by atoms with Crippen molar-refractivity contribution >= 4 is 30.0 Å². The van der Waals surface area contributed by atoms with Gasteiger partial charge in [0.2, 0.25) is 7.37 Å². The van der Waals surface area contributed by atoms with Gasteiger partial charge in [-0.15, -0.1) is 0 Å². The lowest BCUT2D eigenvalue weighted by atomic mass is 10.3. The van der Waals surface area contributed by atoms with Crippen LogP contribution in [0, 0.1) is 0 Å². The minimum absolute atomic E-state index is 0.389. The van der Waals surface area contributed by atoms with E-state index in [4.69, 9.17) is 21.9 Å². The topological polar surface area (TPSA) is 52.3 Å². The van der Waals surface area contributed by atoms with E-state index < -0.39 is 7.37 Å². The number of rotatable bonds is 3. The van der Waals surface area contributed by atoms with E-state index in [1.165, 1.54) is 0 Å². The van der Waals surface area contributed by atoms with E-state index in [0.29, 0.717) is 22.6 Å². The largest absolute Gasteiger partial charge is 0.398 e. The summed E-state index contributed by atoms with van der Waals surface area (Å²) in [7, 11) is -2.82. The maximum absolute atomic E-state index is 12.0. The third kappa shape index (κ3) is 2.50. The molecular weight excluding hydrogens is 221 g/mol. The van der Waals surface area contributed by atoms with Gasteiger partial charge >= 0.3 is 0 Å². The quantitative estimate of drug-likeness (QED) is 0.645. The van der Waals surface area contributed by atoms with Gasteiger partial charge in [-0.1, -0.05) is 11.6 Å². The van der Waals surface area contributed by atoms with Crippen molar-refractivity contribution in [2.24, 2.45) is 0 Å². The summed E-state index contributed by atoms with van der Waals surface area (Å²) in [5, 5.41) is 1.00. The van der Waals surface area contributed by atoms with Gasteiger partial charge in [-0.2, -0.15) is 0 Å². The average Bonchev–Trinajstić information content (AvgIpc) is 2.09. The van der Waals surface area contributed by atoms with Crippen molar-refractivity contribution < 1.29 is 9.09 Å². The van der Waals surface area contributed by atoms with Crippen LogP contribution in [-0.2, 0) is 9.09 Å². The first kappa shape index (κ1) is 11.6. The zero-order chi connectivity index (χ0) is 10.8. The molecule has 0 radical (unpaired) electrons. The van der Waals surface area contributed by atoms with Crippen LogP contribution >= 0.6 is 19.0 Å². The second-order valence-electron chi connectivity index (χ2n) is 2.97. The summed E-state index contributed by atoms with van der Waals surface area (Å²) in [6, 6.07) is 4.88. The zero-order valence-corrected chi connectivity index (χ0v) is 9.81. The summed E-state index contributed by atoms with van der Waals surface area (Å²) in [5.41, 5.74) is 6.15. The Kier molecular flexibility index (Phi) is 3.59. The van der Waals surface area contributed by atoms with Crippen molar-refractivity contribution in [3.8, 4) is 0 Å². The zero-order valence-electron chi connectivity index (χ0n) is 8.16. The van der Waals surface area contributed by atoms with Gasteiger partial charge in [0.25, 0.3) is 0 Å². The van der Waals surface area contributed by atoms with E-state index in [2.05, 4.69) is 0 Å². The van der Waals surface area contributed by atoms with E-state index >= 15 is 0 Å². The number of hydrogen-bond donors (Lipinski definition) is 1. The fraction of sp³-hybridized carbons (Fsp3) is 0.333. The summed E-state index contributed by atoms with van der Waals surface area (Å²) >= 11 is 5.79. The van der Waals surface area contributed by atoms with Crippen molar-refractivity contribution in [1.29, 1.82) is 0 Å². The molecule has 0 aliphatic carbocycles. The van der Waals surface area contributed by atoms with E-state index in [-0.39, 0.29) is 0 Å². The summed E-state index contributed by atoms with van der Waals surface area (Å²) < 4.78 is 17.2. The highest BCUT2D eigenvalue weighted by atomic mass is 35.5. The van der Waals surface area contributed by atoms with Crippen molar-refractivity contribution in [2.75, 3.05) is 19.0 Å². The van der Waals surface area contributed by atoms with Gasteiger partial charge in [0.15, 0.2) is 0 Å². The van der Waals surface area contributed by atoms with Gasteiger partial charge in [0.1, 0.15) is 0 Å². The Hall–Kier alpha value is -0.500. The molecule has 0 bridgehead atoms. The first-order valence-corrected chi connectivity index (χ1v) is 6.70. The SMILES string of the molecule is CCOP(C)(=O)c1cc(Cl)ccc1N. The van der Waals surface area contributed by atoms with Crippen LogP contribution in [0.2, 0.25) is 5.02 Å². The molecule has 1 rings (SSSR count). The number of nitrogen functional groups attached to an aromatic ring is 1. The number of nitrogens with two attached hydrogens (primary N) is 1. The van der Waals surface area contributed by atoms with E-state index in [1.807, 2.05) is 0 Å². The molecule has 78 valence electrons. The van der Waals surface area contributed by atoms with Crippen molar-refractivity contribution in [1.82, 2.24) is 0 Å². The van der Waals surface area contributed by atoms with E-state index in [1.54, 1.807) is 31.8 Å². The predicted molar refractivity (Wildman–Crippen MR) is 60.7 cm³/mol. The third-order valence-corrected chi connectivity index (χ3v) is 4.05. The van der Waals surface area contributed by atoms with E-state index in [9.17, 15) is 4.57 Å². The molecule has 1 aromatic rings. The maximum Gasteiger partial charge on any atom is 0.231 e. The maximum atomic E-state index is 12.0. The smallest absolute Gasteiger partial charge is 0.231 e. The van der Waals surface area contributed by atoms with Crippen LogP contribution < -0.4 is 11.0 Å². The number of benzene rings is 1. The van der Waals surface area contributed by atoms with E-state index in [0.717, 1.165) is 0 Å². The molecule has 0 spiro atoms. The number of halogens is 1. The van der Waals surface area contributed by atoms with Gasteiger partial charge in [-0.25, -0.2) is 0 Å². The molecule has 0 saturated carbocycles. The highest BCUT2D eigenvalue weighted by Gasteiger charge is 2.21. The highest BCUT2D eigenvalue weighted by Crippen LogP contribution is 2.43. The fourth-order valence-electron chi connectivity index (χ4n) is 1.18. The second kappa shape index (κ2) is 4.35. The van der Waals surface area contributed by atoms with Crippen LogP contribution in [0.1, 0.15) is 6.92 Å². The van der Waals surface area contributed by atoms with Crippen molar-refractivity contribution in [3.63, 3.8) is 0 Å². The van der Waals surface area contributed by atoms with Gasteiger partial charge < -0.3 is 10.3 Å². The fourth-order valence-corrected chi connectivity index (χ4v) is 2.98. The van der Waals surface area contributed by atoms with Crippen LogP contribution in [0.3, 0.4) is 0 Å². The summed E-state index contributed by atoms with van der Waals surface area (Å²) in [6.45, 7) is 3.72. The lowest BCUT2D eigenvalue weighted by Crippen LogP contribution is -2.12. The molecule has 0 aromatic heterocycles. The number of anilines is 1. The Bertz CT molecular complexity index is 381. The van der Waals surface area contributed by atoms with Gasteiger partial charge in [0.05, 0.1) is 11.9 Å². The standard InChI is InChI=1S/C9H13ClNO2P/c1-3-13-14(2,12)9-6-7(10)4-5-8(9)11/h4-6H,3,11H2,1-2H3. The molecule has 3 nitrogen and oxygen atoms in total. The molecule has 0 fully saturated rings. The van der Waals surface area contributed by atoms with Gasteiger partial charge in [-0.3, -0.25) is 4.57 Å². The van der Waals surface area contributed by atoms with Gasteiger partial charge in [0, 0.05) is 17.4 Å². The Morgan fingerprint density at radius 3 is 2.79 bits per heavy atom. The second-order valence-corrected chi connectivity index (χ2v) is 5.83. The highest BCUT2D eigenvalue weighted by molar-refractivity contribution is 7.66. The Morgan fingerprint density at radius 1 is 1.57 bits per heavy atom. The third-order valence-electron chi connectivity index (χ3n) is 1.81.